The van der Waals surface area contributed by atoms with Crippen molar-refractivity contribution in [3.8, 4) is 11.5 Å². The van der Waals surface area contributed by atoms with E-state index in [9.17, 15) is 4.79 Å². The van der Waals surface area contributed by atoms with Crippen LogP contribution in [0.15, 0.2) is 66.7 Å². The fraction of sp³-hybridized carbons (Fsp3) is 0.269. The third-order valence-corrected chi connectivity index (χ3v) is 5.95. The Morgan fingerprint density at radius 2 is 1.68 bits per heavy atom. The van der Waals surface area contributed by atoms with Gasteiger partial charge < -0.3 is 19.7 Å². The van der Waals surface area contributed by atoms with E-state index >= 15 is 0 Å². The maximum atomic E-state index is 12.3. The minimum atomic E-state index is 0.0513. The number of fused-ring (bicyclic) bond motifs is 2. The molecule has 0 bridgehead atoms. The van der Waals surface area contributed by atoms with Gasteiger partial charge in [0.25, 0.3) is 0 Å². The number of carbonyl (C=O) groups is 1. The average Bonchev–Trinajstić information content (AvgIpc) is 3.44. The van der Waals surface area contributed by atoms with Crippen molar-refractivity contribution in [3.05, 3.63) is 89.0 Å². The van der Waals surface area contributed by atoms with E-state index in [-0.39, 0.29) is 12.7 Å². The van der Waals surface area contributed by atoms with Crippen molar-refractivity contribution in [2.75, 3.05) is 18.2 Å². The van der Waals surface area contributed by atoms with Crippen LogP contribution in [-0.4, -0.2) is 19.2 Å². The topological polar surface area (TPSA) is 50.8 Å². The van der Waals surface area contributed by atoms with Crippen LogP contribution in [0.5, 0.6) is 11.5 Å². The van der Waals surface area contributed by atoms with Gasteiger partial charge in [0.05, 0.1) is 0 Å². The summed E-state index contributed by atoms with van der Waals surface area (Å²) in [5.74, 6) is 1.58. The Morgan fingerprint density at radius 3 is 2.58 bits per heavy atom. The second-order valence-corrected chi connectivity index (χ2v) is 8.08. The third kappa shape index (κ3) is 4.50. The maximum absolute atomic E-state index is 12.3. The van der Waals surface area contributed by atoms with E-state index in [2.05, 4.69) is 58.7 Å². The fourth-order valence-corrected chi connectivity index (χ4v) is 4.20. The van der Waals surface area contributed by atoms with E-state index in [0.29, 0.717) is 19.4 Å². The van der Waals surface area contributed by atoms with Crippen molar-refractivity contribution in [1.82, 2.24) is 5.32 Å². The molecule has 0 aliphatic carbocycles. The first-order valence-electron chi connectivity index (χ1n) is 10.8. The monoisotopic (exact) mass is 414 g/mol. The van der Waals surface area contributed by atoms with Crippen LogP contribution < -0.4 is 19.7 Å². The highest BCUT2D eigenvalue weighted by atomic mass is 16.7. The van der Waals surface area contributed by atoms with Gasteiger partial charge in [-0.25, -0.2) is 0 Å². The Bertz CT molecular complexity index is 1080. The largest absolute Gasteiger partial charge is 0.454 e. The highest BCUT2D eigenvalue weighted by molar-refractivity contribution is 5.76. The molecule has 5 rings (SSSR count). The van der Waals surface area contributed by atoms with Gasteiger partial charge in [0, 0.05) is 31.7 Å². The van der Waals surface area contributed by atoms with Crippen molar-refractivity contribution < 1.29 is 14.3 Å². The first-order chi connectivity index (χ1) is 15.2. The first kappa shape index (κ1) is 19.5. The van der Waals surface area contributed by atoms with Crippen LogP contribution in [-0.2, 0) is 30.7 Å². The lowest BCUT2D eigenvalue weighted by molar-refractivity contribution is -0.121. The second kappa shape index (κ2) is 8.72. The van der Waals surface area contributed by atoms with Crippen LogP contribution in [0.3, 0.4) is 0 Å². The Kier molecular flexibility index (Phi) is 5.48. The number of nitrogens with one attached hydrogen (secondary N) is 1. The lowest BCUT2D eigenvalue weighted by atomic mass is 10.1. The van der Waals surface area contributed by atoms with Gasteiger partial charge in [-0.05, 0) is 53.3 Å². The van der Waals surface area contributed by atoms with Gasteiger partial charge in [0.2, 0.25) is 12.7 Å². The smallest absolute Gasteiger partial charge is 0.231 e. The van der Waals surface area contributed by atoms with Gasteiger partial charge in [0.1, 0.15) is 0 Å². The summed E-state index contributed by atoms with van der Waals surface area (Å²) in [5, 5.41) is 3.02. The van der Waals surface area contributed by atoms with Gasteiger partial charge in [-0.2, -0.15) is 0 Å². The molecule has 31 heavy (non-hydrogen) atoms. The van der Waals surface area contributed by atoms with Crippen LogP contribution in [0.4, 0.5) is 5.69 Å². The number of para-hydroxylation sites is 1. The highest BCUT2D eigenvalue weighted by Gasteiger charge is 2.18. The molecule has 0 fully saturated rings. The number of amides is 1. The summed E-state index contributed by atoms with van der Waals surface area (Å²) >= 11 is 0. The Hall–Kier alpha value is -3.47. The van der Waals surface area contributed by atoms with Crippen molar-refractivity contribution in [3.63, 3.8) is 0 Å². The Labute approximate surface area is 182 Å². The van der Waals surface area contributed by atoms with Crippen LogP contribution in [0.1, 0.15) is 28.7 Å². The standard InChI is InChI=1S/C26H26N2O3/c29-26(12-10-19-9-11-24-25(15-19)31-18-30-24)27-16-20-5-7-21(8-6-20)17-28-14-13-22-3-1-2-4-23(22)28/h1-9,11,15H,10,12-14,16-18H2,(H,27,29). The zero-order valence-electron chi connectivity index (χ0n) is 17.5. The van der Waals surface area contributed by atoms with E-state index in [1.54, 1.807) is 0 Å². The summed E-state index contributed by atoms with van der Waals surface area (Å²) in [4.78, 5) is 14.7. The third-order valence-electron chi connectivity index (χ3n) is 5.95. The lowest BCUT2D eigenvalue weighted by Crippen LogP contribution is -2.23. The molecule has 0 radical (unpaired) electrons. The minimum absolute atomic E-state index is 0.0513. The summed E-state index contributed by atoms with van der Waals surface area (Å²) in [6, 6.07) is 23.0. The second-order valence-electron chi connectivity index (χ2n) is 8.08. The molecule has 0 spiro atoms. The molecule has 5 nitrogen and oxygen atoms in total. The molecule has 1 amide bonds. The van der Waals surface area contributed by atoms with E-state index in [1.165, 1.54) is 16.8 Å². The molecule has 158 valence electrons. The Balaban J connectivity index is 1.09. The number of hydrogen-bond acceptors (Lipinski definition) is 4. The molecule has 3 aromatic carbocycles. The number of benzene rings is 3. The number of hydrogen-bond donors (Lipinski definition) is 1. The molecule has 0 saturated carbocycles. The zero-order valence-corrected chi connectivity index (χ0v) is 17.5. The molecule has 0 saturated heterocycles. The quantitative estimate of drug-likeness (QED) is 0.629. The molecule has 0 aromatic heterocycles. The molecule has 0 unspecified atom stereocenters. The number of anilines is 1. The van der Waals surface area contributed by atoms with Crippen molar-refractivity contribution >= 4 is 11.6 Å². The highest BCUT2D eigenvalue weighted by Crippen LogP contribution is 2.32. The molecule has 2 heterocycles. The van der Waals surface area contributed by atoms with Crippen molar-refractivity contribution in [1.29, 1.82) is 0 Å². The van der Waals surface area contributed by atoms with Gasteiger partial charge in [-0.3, -0.25) is 4.79 Å². The normalized spacial score (nSPS) is 13.9. The number of aryl methyl sites for hydroxylation is 1. The van der Waals surface area contributed by atoms with Gasteiger partial charge in [-0.1, -0.05) is 48.5 Å². The average molecular weight is 415 g/mol. The van der Waals surface area contributed by atoms with E-state index < -0.39 is 0 Å². The molecule has 5 heteroatoms. The summed E-state index contributed by atoms with van der Waals surface area (Å²) in [6.07, 6.45) is 2.25. The molecule has 2 aliphatic heterocycles. The zero-order chi connectivity index (χ0) is 21.0. The van der Waals surface area contributed by atoms with Crippen molar-refractivity contribution in [2.24, 2.45) is 0 Å². The fourth-order valence-electron chi connectivity index (χ4n) is 4.20. The molecule has 3 aromatic rings. The molecular weight excluding hydrogens is 388 g/mol. The number of rotatable bonds is 7. The molecule has 0 atom stereocenters. The van der Waals surface area contributed by atoms with Gasteiger partial charge in [-0.15, -0.1) is 0 Å². The minimum Gasteiger partial charge on any atom is -0.454 e. The van der Waals surface area contributed by atoms with Gasteiger partial charge in [0.15, 0.2) is 11.5 Å². The van der Waals surface area contributed by atoms with E-state index in [0.717, 1.165) is 42.1 Å². The molecule has 1 N–H and O–H groups in total. The predicted octanol–water partition coefficient (Wildman–Crippen LogP) is 4.23. The van der Waals surface area contributed by atoms with E-state index in [1.807, 2.05) is 18.2 Å². The van der Waals surface area contributed by atoms with Crippen LogP contribution in [0.25, 0.3) is 0 Å². The van der Waals surface area contributed by atoms with Crippen LogP contribution in [0.2, 0.25) is 0 Å². The summed E-state index contributed by atoms with van der Waals surface area (Å²) in [7, 11) is 0. The van der Waals surface area contributed by atoms with Crippen molar-refractivity contribution in [2.45, 2.75) is 32.4 Å². The lowest BCUT2D eigenvalue weighted by Gasteiger charge is -2.19. The summed E-state index contributed by atoms with van der Waals surface area (Å²) < 4.78 is 10.7. The van der Waals surface area contributed by atoms with Gasteiger partial charge >= 0.3 is 0 Å². The molecule has 2 aliphatic rings. The number of nitrogens with zero attached hydrogens (tertiary/aromatic N) is 1. The van der Waals surface area contributed by atoms with E-state index in [4.69, 9.17) is 9.47 Å². The Morgan fingerprint density at radius 1 is 0.903 bits per heavy atom. The predicted molar refractivity (Wildman–Crippen MR) is 120 cm³/mol. The summed E-state index contributed by atoms with van der Waals surface area (Å²) in [5.41, 5.74) is 6.26. The summed E-state index contributed by atoms with van der Waals surface area (Å²) in [6.45, 7) is 2.80. The number of carbonyl (C=O) groups excluding carboxylic acids is 1. The number of ether oxygens (including phenoxy) is 2. The SMILES string of the molecule is O=C(CCc1ccc2c(c1)OCO2)NCc1ccc(CN2CCc3ccccc32)cc1. The first-order valence-corrected chi connectivity index (χ1v) is 10.8. The maximum Gasteiger partial charge on any atom is 0.231 e. The molecular formula is C26H26N2O3. The van der Waals surface area contributed by atoms with Crippen LogP contribution in [0, 0.1) is 0 Å². The van der Waals surface area contributed by atoms with Crippen LogP contribution >= 0.6 is 0 Å².